The molecule has 1 aliphatic heterocycles. The molecule has 2 aliphatic rings. The molecule has 0 radical (unpaired) electrons. The van der Waals surface area contributed by atoms with Gasteiger partial charge >= 0.3 is 0 Å². The minimum absolute atomic E-state index is 0.463. The molecular formula is C17H25N5O. The summed E-state index contributed by atoms with van der Waals surface area (Å²) in [5.41, 5.74) is 2.71. The topological polar surface area (TPSA) is 70.8 Å². The van der Waals surface area contributed by atoms with E-state index in [0.29, 0.717) is 6.04 Å². The van der Waals surface area contributed by atoms with E-state index in [4.69, 9.17) is 9.51 Å². The van der Waals surface area contributed by atoms with E-state index < -0.39 is 0 Å². The molecule has 1 atom stereocenters. The number of hydrogen-bond donors (Lipinski definition) is 1. The van der Waals surface area contributed by atoms with Gasteiger partial charge in [0.1, 0.15) is 5.82 Å². The van der Waals surface area contributed by atoms with Crippen molar-refractivity contribution in [2.45, 2.75) is 64.3 Å². The zero-order valence-electron chi connectivity index (χ0n) is 13.8. The van der Waals surface area contributed by atoms with E-state index in [9.17, 15) is 0 Å². The Balaban J connectivity index is 1.37. The Morgan fingerprint density at radius 1 is 1.22 bits per heavy atom. The van der Waals surface area contributed by atoms with Crippen LogP contribution in [0.25, 0.3) is 0 Å². The number of fused-ring (bicyclic) bond motifs is 1. The van der Waals surface area contributed by atoms with Gasteiger partial charge in [-0.05, 0) is 65.0 Å². The van der Waals surface area contributed by atoms with Crippen molar-refractivity contribution in [3.05, 3.63) is 28.9 Å². The summed E-state index contributed by atoms with van der Waals surface area (Å²) in [7, 11) is 0. The highest BCUT2D eigenvalue weighted by molar-refractivity contribution is 5.19. The fourth-order valence-electron chi connectivity index (χ4n) is 3.91. The van der Waals surface area contributed by atoms with E-state index in [2.05, 4.69) is 20.0 Å². The third kappa shape index (κ3) is 3.17. The van der Waals surface area contributed by atoms with E-state index in [-0.39, 0.29) is 0 Å². The predicted octanol–water partition coefficient (Wildman–Crippen LogP) is 2.75. The summed E-state index contributed by atoms with van der Waals surface area (Å²) < 4.78 is 5.20. The van der Waals surface area contributed by atoms with Gasteiger partial charge in [-0.1, -0.05) is 5.16 Å². The van der Waals surface area contributed by atoms with Crippen LogP contribution in [0.15, 0.2) is 4.52 Å². The van der Waals surface area contributed by atoms with Crippen LogP contribution >= 0.6 is 0 Å². The highest BCUT2D eigenvalue weighted by Crippen LogP contribution is 2.32. The number of nitrogens with zero attached hydrogens (tertiary/aromatic N) is 4. The van der Waals surface area contributed by atoms with Crippen LogP contribution in [0.5, 0.6) is 0 Å². The molecule has 2 aromatic heterocycles. The van der Waals surface area contributed by atoms with Crippen molar-refractivity contribution in [2.75, 3.05) is 13.1 Å². The van der Waals surface area contributed by atoms with Gasteiger partial charge in [-0.3, -0.25) is 4.90 Å². The molecule has 1 saturated heterocycles. The maximum absolute atomic E-state index is 5.20. The number of aryl methyl sites for hydroxylation is 4. The zero-order chi connectivity index (χ0) is 15.6. The zero-order valence-corrected chi connectivity index (χ0v) is 13.8. The Morgan fingerprint density at radius 3 is 2.96 bits per heavy atom. The highest BCUT2D eigenvalue weighted by Gasteiger charge is 2.29. The van der Waals surface area contributed by atoms with E-state index in [1.807, 2.05) is 6.92 Å². The van der Waals surface area contributed by atoms with Gasteiger partial charge in [-0.25, -0.2) is 4.98 Å². The first kappa shape index (κ1) is 14.9. The SMILES string of the molecule is Cc1noc(CCCN2CCCC2c2nc3c([nH]2)CCCC3)n1. The second-order valence-electron chi connectivity index (χ2n) is 6.79. The van der Waals surface area contributed by atoms with Crippen molar-refractivity contribution in [3.8, 4) is 0 Å². The van der Waals surface area contributed by atoms with Crippen LogP contribution in [0.4, 0.5) is 0 Å². The number of nitrogens with one attached hydrogen (secondary N) is 1. The number of aromatic amines is 1. The summed E-state index contributed by atoms with van der Waals surface area (Å²) in [5.74, 6) is 2.68. The van der Waals surface area contributed by atoms with Gasteiger partial charge in [-0.15, -0.1) is 0 Å². The van der Waals surface area contributed by atoms with Gasteiger partial charge < -0.3 is 9.51 Å². The summed E-state index contributed by atoms with van der Waals surface area (Å²) in [5, 5.41) is 3.85. The van der Waals surface area contributed by atoms with Gasteiger partial charge in [-0.2, -0.15) is 4.98 Å². The van der Waals surface area contributed by atoms with Crippen molar-refractivity contribution >= 4 is 0 Å². The van der Waals surface area contributed by atoms with Crippen molar-refractivity contribution in [1.82, 2.24) is 25.0 Å². The number of imidazole rings is 1. The maximum atomic E-state index is 5.20. The largest absolute Gasteiger partial charge is 0.344 e. The van der Waals surface area contributed by atoms with Crippen molar-refractivity contribution in [2.24, 2.45) is 0 Å². The van der Waals surface area contributed by atoms with E-state index >= 15 is 0 Å². The molecule has 6 nitrogen and oxygen atoms in total. The quantitative estimate of drug-likeness (QED) is 0.918. The Bertz CT molecular complexity index is 638. The van der Waals surface area contributed by atoms with Crippen molar-refractivity contribution in [1.29, 1.82) is 0 Å². The van der Waals surface area contributed by atoms with Crippen LogP contribution in [0, 0.1) is 6.92 Å². The number of H-pyrrole nitrogens is 1. The summed E-state index contributed by atoms with van der Waals surface area (Å²) in [6.07, 6.45) is 9.29. The van der Waals surface area contributed by atoms with Crippen molar-refractivity contribution in [3.63, 3.8) is 0 Å². The molecule has 124 valence electrons. The van der Waals surface area contributed by atoms with Crippen LogP contribution in [-0.4, -0.2) is 38.1 Å². The normalized spacial score (nSPS) is 21.7. The number of likely N-dealkylation sites (tertiary alicyclic amines) is 1. The molecule has 1 fully saturated rings. The van der Waals surface area contributed by atoms with Gasteiger partial charge in [0.25, 0.3) is 0 Å². The Hall–Kier alpha value is -1.69. The van der Waals surface area contributed by atoms with Gasteiger partial charge in [0.05, 0.1) is 11.7 Å². The van der Waals surface area contributed by atoms with E-state index in [0.717, 1.165) is 37.5 Å². The van der Waals surface area contributed by atoms with Crippen LogP contribution in [0.3, 0.4) is 0 Å². The fraction of sp³-hybridized carbons (Fsp3) is 0.706. The molecule has 6 heteroatoms. The highest BCUT2D eigenvalue weighted by atomic mass is 16.5. The second-order valence-corrected chi connectivity index (χ2v) is 6.79. The summed E-state index contributed by atoms with van der Waals surface area (Å²) >= 11 is 0. The number of aromatic nitrogens is 4. The Morgan fingerprint density at radius 2 is 2.13 bits per heavy atom. The monoisotopic (exact) mass is 315 g/mol. The second kappa shape index (κ2) is 6.43. The first-order chi connectivity index (χ1) is 11.3. The Labute approximate surface area is 136 Å². The number of hydrogen-bond acceptors (Lipinski definition) is 5. The lowest BCUT2D eigenvalue weighted by atomic mass is 10.0. The molecule has 0 bridgehead atoms. The molecular weight excluding hydrogens is 290 g/mol. The van der Waals surface area contributed by atoms with E-state index in [1.54, 1.807) is 0 Å². The van der Waals surface area contributed by atoms with Gasteiger partial charge in [0.15, 0.2) is 5.82 Å². The average molecular weight is 315 g/mol. The lowest BCUT2D eigenvalue weighted by Crippen LogP contribution is -2.25. The molecule has 0 aromatic carbocycles. The lowest BCUT2D eigenvalue weighted by molar-refractivity contribution is 0.242. The molecule has 1 aliphatic carbocycles. The van der Waals surface area contributed by atoms with Gasteiger partial charge in [0, 0.05) is 12.1 Å². The summed E-state index contributed by atoms with van der Waals surface area (Å²) in [6.45, 7) is 4.10. The first-order valence-corrected chi connectivity index (χ1v) is 8.90. The van der Waals surface area contributed by atoms with E-state index in [1.165, 1.54) is 55.9 Å². The smallest absolute Gasteiger partial charge is 0.226 e. The van der Waals surface area contributed by atoms with Crippen LogP contribution in [0.1, 0.15) is 67.1 Å². The molecule has 0 saturated carbocycles. The molecule has 1 unspecified atom stereocenters. The van der Waals surface area contributed by atoms with Crippen LogP contribution < -0.4 is 0 Å². The first-order valence-electron chi connectivity index (χ1n) is 8.90. The average Bonchev–Trinajstić information content (AvgIpc) is 3.26. The van der Waals surface area contributed by atoms with Crippen LogP contribution in [0.2, 0.25) is 0 Å². The molecule has 1 N–H and O–H groups in total. The molecule has 23 heavy (non-hydrogen) atoms. The molecule has 0 spiro atoms. The lowest BCUT2D eigenvalue weighted by Gasteiger charge is -2.22. The minimum atomic E-state index is 0.463. The predicted molar refractivity (Wildman–Crippen MR) is 86.1 cm³/mol. The van der Waals surface area contributed by atoms with Gasteiger partial charge in [0.2, 0.25) is 5.89 Å². The van der Waals surface area contributed by atoms with Crippen molar-refractivity contribution < 1.29 is 4.52 Å². The summed E-state index contributed by atoms with van der Waals surface area (Å²) in [4.78, 5) is 15.4. The molecule has 2 aromatic rings. The molecule has 3 heterocycles. The fourth-order valence-corrected chi connectivity index (χ4v) is 3.91. The molecule has 4 rings (SSSR count). The number of rotatable bonds is 5. The third-order valence-corrected chi connectivity index (χ3v) is 5.06. The standard InChI is InChI=1S/C17H25N5O/c1-12-18-16(23-21-12)9-5-11-22-10-4-8-15(22)17-19-13-6-2-3-7-14(13)20-17/h15H,2-11H2,1H3,(H,19,20). The molecule has 0 amide bonds. The third-order valence-electron chi connectivity index (χ3n) is 5.06. The van der Waals surface area contributed by atoms with Crippen LogP contribution in [-0.2, 0) is 19.3 Å². The maximum Gasteiger partial charge on any atom is 0.226 e. The Kier molecular flexibility index (Phi) is 4.16. The minimum Gasteiger partial charge on any atom is -0.344 e. The summed E-state index contributed by atoms with van der Waals surface area (Å²) in [6, 6.07) is 0.463.